The highest BCUT2D eigenvalue weighted by Crippen LogP contribution is 2.31. The van der Waals surface area contributed by atoms with E-state index in [1.165, 1.54) is 0 Å². The van der Waals surface area contributed by atoms with Crippen LogP contribution in [-0.2, 0) is 17.9 Å². The van der Waals surface area contributed by atoms with Crippen molar-refractivity contribution in [3.8, 4) is 0 Å². The average molecular weight is 286 g/mol. The Balaban J connectivity index is 2.07. The molecule has 0 bridgehead atoms. The second-order valence-electron chi connectivity index (χ2n) is 4.22. The van der Waals surface area contributed by atoms with Gasteiger partial charge in [0.25, 0.3) is 0 Å². The molecule has 0 aliphatic heterocycles. The predicted octanol–water partition coefficient (Wildman–Crippen LogP) is 2.03. The maximum absolute atomic E-state index is 11.8. The van der Waals surface area contributed by atoms with Crippen LogP contribution in [0.15, 0.2) is 10.7 Å². The predicted molar refractivity (Wildman–Crippen MR) is 64.8 cm³/mol. The van der Waals surface area contributed by atoms with Gasteiger partial charge in [-0.25, -0.2) is 0 Å². The number of hydrogen-bond donors (Lipinski definition) is 0. The lowest BCUT2D eigenvalue weighted by Crippen LogP contribution is -2.28. The van der Waals surface area contributed by atoms with Gasteiger partial charge in [0.15, 0.2) is 0 Å². The van der Waals surface area contributed by atoms with Crippen molar-refractivity contribution in [1.29, 1.82) is 0 Å². The van der Waals surface area contributed by atoms with Gasteiger partial charge in [0.05, 0.1) is 22.9 Å². The Morgan fingerprint density at radius 2 is 2.38 bits per heavy atom. The number of carbonyl (C=O) groups is 1. The van der Waals surface area contributed by atoms with Crippen molar-refractivity contribution in [3.05, 3.63) is 16.4 Å². The van der Waals surface area contributed by atoms with E-state index in [2.05, 4.69) is 21.0 Å². The Morgan fingerprint density at radius 3 is 2.94 bits per heavy atom. The van der Waals surface area contributed by atoms with Crippen LogP contribution in [0.5, 0.6) is 0 Å². The molecule has 1 aromatic rings. The first-order chi connectivity index (χ1) is 7.63. The molecule has 1 aliphatic rings. The number of amides is 1. The zero-order valence-electron chi connectivity index (χ0n) is 9.61. The van der Waals surface area contributed by atoms with Gasteiger partial charge in [0.2, 0.25) is 5.91 Å². The van der Waals surface area contributed by atoms with Crippen molar-refractivity contribution in [2.75, 3.05) is 7.05 Å². The van der Waals surface area contributed by atoms with Crippen LogP contribution in [0.4, 0.5) is 0 Å². The summed E-state index contributed by atoms with van der Waals surface area (Å²) in [5, 5.41) is 4.24. The van der Waals surface area contributed by atoms with Gasteiger partial charge in [-0.15, -0.1) is 0 Å². The Hall–Kier alpha value is -0.840. The highest BCUT2D eigenvalue weighted by Gasteiger charge is 2.32. The number of hydrogen-bond acceptors (Lipinski definition) is 2. The van der Waals surface area contributed by atoms with Gasteiger partial charge in [-0.05, 0) is 35.7 Å². The van der Waals surface area contributed by atoms with Crippen LogP contribution < -0.4 is 0 Å². The molecule has 1 aromatic heterocycles. The molecule has 0 aromatic carbocycles. The van der Waals surface area contributed by atoms with E-state index in [4.69, 9.17) is 0 Å². The van der Waals surface area contributed by atoms with E-state index >= 15 is 0 Å². The third-order valence-electron chi connectivity index (χ3n) is 2.89. The molecule has 0 saturated heterocycles. The Bertz CT molecular complexity index is 398. The van der Waals surface area contributed by atoms with Gasteiger partial charge in [-0.1, -0.05) is 0 Å². The minimum Gasteiger partial charge on any atom is -0.340 e. The lowest BCUT2D eigenvalue weighted by atomic mass is 10.3. The number of halogens is 1. The molecule has 1 fully saturated rings. The van der Waals surface area contributed by atoms with Gasteiger partial charge in [0.1, 0.15) is 0 Å². The van der Waals surface area contributed by atoms with Crippen molar-refractivity contribution in [3.63, 3.8) is 0 Å². The zero-order chi connectivity index (χ0) is 11.7. The van der Waals surface area contributed by atoms with E-state index in [0.717, 1.165) is 29.6 Å². The summed E-state index contributed by atoms with van der Waals surface area (Å²) >= 11 is 3.47. The van der Waals surface area contributed by atoms with Gasteiger partial charge < -0.3 is 4.90 Å². The summed E-state index contributed by atoms with van der Waals surface area (Å²) in [4.78, 5) is 13.6. The molecule has 0 N–H and O–H groups in total. The van der Waals surface area contributed by atoms with Gasteiger partial charge >= 0.3 is 0 Å². The molecule has 0 unspecified atom stereocenters. The van der Waals surface area contributed by atoms with E-state index in [0.29, 0.717) is 6.54 Å². The first-order valence-corrected chi connectivity index (χ1v) is 6.38. The number of nitrogens with zero attached hydrogens (tertiary/aromatic N) is 3. The summed E-state index contributed by atoms with van der Waals surface area (Å²) in [5.41, 5.74) is 1.07. The van der Waals surface area contributed by atoms with Crippen molar-refractivity contribution >= 4 is 21.8 Å². The Kier molecular flexibility index (Phi) is 3.33. The minimum atomic E-state index is 0.260. The SMILES string of the molecule is CCn1ncc(Br)c1CN(C)C(=O)C1CC1. The first kappa shape index (κ1) is 11.6. The normalized spacial score (nSPS) is 15.2. The zero-order valence-corrected chi connectivity index (χ0v) is 11.2. The maximum atomic E-state index is 11.8. The molecule has 2 rings (SSSR count). The van der Waals surface area contributed by atoms with Crippen LogP contribution in [0, 0.1) is 5.92 Å². The lowest BCUT2D eigenvalue weighted by molar-refractivity contribution is -0.131. The molecule has 1 aliphatic carbocycles. The summed E-state index contributed by atoms with van der Waals surface area (Å²) in [7, 11) is 1.86. The highest BCUT2D eigenvalue weighted by atomic mass is 79.9. The minimum absolute atomic E-state index is 0.260. The Labute approximate surface area is 104 Å². The van der Waals surface area contributed by atoms with Crippen LogP contribution >= 0.6 is 15.9 Å². The van der Waals surface area contributed by atoms with Crippen molar-refractivity contribution in [1.82, 2.24) is 14.7 Å². The second kappa shape index (κ2) is 4.57. The number of aryl methyl sites for hydroxylation is 1. The standard InChI is InChI=1S/C11H16BrN3O/c1-3-15-10(9(12)6-13-15)7-14(2)11(16)8-4-5-8/h6,8H,3-5,7H2,1-2H3. The molecular weight excluding hydrogens is 270 g/mol. The summed E-state index contributed by atoms with van der Waals surface area (Å²) < 4.78 is 2.89. The maximum Gasteiger partial charge on any atom is 0.225 e. The molecule has 1 heterocycles. The monoisotopic (exact) mass is 285 g/mol. The Morgan fingerprint density at radius 1 is 1.69 bits per heavy atom. The van der Waals surface area contributed by atoms with Crippen molar-refractivity contribution in [2.24, 2.45) is 5.92 Å². The molecule has 1 amide bonds. The fraction of sp³-hybridized carbons (Fsp3) is 0.636. The van der Waals surface area contributed by atoms with Gasteiger partial charge in [0, 0.05) is 19.5 Å². The van der Waals surface area contributed by atoms with Crippen LogP contribution in [0.3, 0.4) is 0 Å². The van der Waals surface area contributed by atoms with E-state index in [-0.39, 0.29) is 11.8 Å². The molecule has 88 valence electrons. The molecule has 4 nitrogen and oxygen atoms in total. The van der Waals surface area contributed by atoms with E-state index in [1.54, 1.807) is 11.1 Å². The molecular formula is C11H16BrN3O. The average Bonchev–Trinajstić information content (AvgIpc) is 3.05. The summed E-state index contributed by atoms with van der Waals surface area (Å²) in [5.74, 6) is 0.539. The van der Waals surface area contributed by atoms with E-state index in [1.807, 2.05) is 18.7 Å². The fourth-order valence-electron chi connectivity index (χ4n) is 1.76. The summed E-state index contributed by atoms with van der Waals surface area (Å²) in [6, 6.07) is 0. The molecule has 0 radical (unpaired) electrons. The first-order valence-electron chi connectivity index (χ1n) is 5.58. The molecule has 16 heavy (non-hydrogen) atoms. The van der Waals surface area contributed by atoms with Crippen molar-refractivity contribution in [2.45, 2.75) is 32.9 Å². The van der Waals surface area contributed by atoms with Gasteiger partial charge in [-0.2, -0.15) is 5.10 Å². The van der Waals surface area contributed by atoms with Crippen molar-refractivity contribution < 1.29 is 4.79 Å². The topological polar surface area (TPSA) is 38.1 Å². The molecule has 5 heteroatoms. The smallest absolute Gasteiger partial charge is 0.225 e. The second-order valence-corrected chi connectivity index (χ2v) is 5.08. The van der Waals surface area contributed by atoms with Crippen LogP contribution in [0.2, 0.25) is 0 Å². The summed E-state index contributed by atoms with van der Waals surface area (Å²) in [6.07, 6.45) is 3.89. The third-order valence-corrected chi connectivity index (χ3v) is 3.55. The number of carbonyl (C=O) groups excluding carboxylic acids is 1. The molecule has 0 spiro atoms. The van der Waals surface area contributed by atoms with Crippen LogP contribution in [-0.4, -0.2) is 27.6 Å². The van der Waals surface area contributed by atoms with Crippen LogP contribution in [0.25, 0.3) is 0 Å². The quantitative estimate of drug-likeness (QED) is 0.849. The fourth-order valence-corrected chi connectivity index (χ4v) is 2.18. The van der Waals surface area contributed by atoms with Crippen LogP contribution in [0.1, 0.15) is 25.5 Å². The lowest BCUT2D eigenvalue weighted by Gasteiger charge is -2.17. The van der Waals surface area contributed by atoms with Gasteiger partial charge in [-0.3, -0.25) is 9.48 Å². The number of aromatic nitrogens is 2. The number of rotatable bonds is 4. The van der Waals surface area contributed by atoms with E-state index in [9.17, 15) is 4.79 Å². The third kappa shape index (κ3) is 2.29. The van der Waals surface area contributed by atoms with E-state index < -0.39 is 0 Å². The summed E-state index contributed by atoms with van der Waals surface area (Å²) in [6.45, 7) is 3.50. The molecule has 1 saturated carbocycles. The molecule has 0 atom stereocenters. The highest BCUT2D eigenvalue weighted by molar-refractivity contribution is 9.10. The largest absolute Gasteiger partial charge is 0.340 e.